The zero-order valence-electron chi connectivity index (χ0n) is 10.9. The SMILES string of the molecule is Cc1cc(Br)cc(NC(=O)c2cc(C3CC3)on2)c1N. The Balaban J connectivity index is 1.81. The lowest BCUT2D eigenvalue weighted by molar-refractivity contribution is 0.101. The number of carbonyl (C=O) groups excluding carboxylic acids is 1. The maximum Gasteiger partial charge on any atom is 0.277 e. The number of hydrogen-bond donors (Lipinski definition) is 2. The molecule has 0 radical (unpaired) electrons. The van der Waals surface area contributed by atoms with E-state index in [9.17, 15) is 4.79 Å². The third-order valence-corrected chi connectivity index (χ3v) is 3.80. The van der Waals surface area contributed by atoms with Crippen molar-refractivity contribution in [3.63, 3.8) is 0 Å². The van der Waals surface area contributed by atoms with Crippen LogP contribution in [0.1, 0.15) is 40.6 Å². The van der Waals surface area contributed by atoms with Crippen LogP contribution in [-0.2, 0) is 0 Å². The first-order valence-corrected chi connectivity index (χ1v) is 7.17. The fourth-order valence-electron chi connectivity index (χ4n) is 2.00. The van der Waals surface area contributed by atoms with Gasteiger partial charge in [-0.2, -0.15) is 0 Å². The van der Waals surface area contributed by atoms with Crippen molar-refractivity contribution < 1.29 is 9.32 Å². The molecule has 1 heterocycles. The van der Waals surface area contributed by atoms with Gasteiger partial charge < -0.3 is 15.6 Å². The lowest BCUT2D eigenvalue weighted by Gasteiger charge is -2.10. The average Bonchev–Trinajstić information content (AvgIpc) is 3.13. The number of aryl methyl sites for hydroxylation is 1. The van der Waals surface area contributed by atoms with E-state index in [4.69, 9.17) is 10.3 Å². The van der Waals surface area contributed by atoms with Crippen LogP contribution in [0, 0.1) is 6.92 Å². The molecule has 3 rings (SSSR count). The Morgan fingerprint density at radius 3 is 2.90 bits per heavy atom. The highest BCUT2D eigenvalue weighted by Gasteiger charge is 2.29. The molecule has 1 amide bonds. The number of carbonyl (C=O) groups is 1. The van der Waals surface area contributed by atoms with Gasteiger partial charge in [0.15, 0.2) is 5.69 Å². The number of benzene rings is 1. The number of aromatic nitrogens is 1. The number of nitrogens with one attached hydrogen (secondary N) is 1. The van der Waals surface area contributed by atoms with Gasteiger partial charge in [-0.25, -0.2) is 0 Å². The van der Waals surface area contributed by atoms with Crippen LogP contribution < -0.4 is 11.1 Å². The molecule has 0 bridgehead atoms. The maximum atomic E-state index is 12.1. The van der Waals surface area contributed by atoms with Crippen LogP contribution in [-0.4, -0.2) is 11.1 Å². The normalized spacial score (nSPS) is 14.3. The van der Waals surface area contributed by atoms with Gasteiger partial charge in [0.2, 0.25) is 0 Å². The molecular formula is C14H14BrN3O2. The van der Waals surface area contributed by atoms with Crippen molar-refractivity contribution in [1.82, 2.24) is 5.16 Å². The number of rotatable bonds is 3. The van der Waals surface area contributed by atoms with Crippen LogP contribution in [0.15, 0.2) is 27.2 Å². The Labute approximate surface area is 124 Å². The van der Waals surface area contributed by atoms with Gasteiger partial charge in [-0.1, -0.05) is 21.1 Å². The Bertz CT molecular complexity index is 677. The molecule has 1 saturated carbocycles. The second-order valence-corrected chi connectivity index (χ2v) is 5.94. The highest BCUT2D eigenvalue weighted by Crippen LogP contribution is 2.40. The van der Waals surface area contributed by atoms with Gasteiger partial charge in [-0.05, 0) is 37.5 Å². The minimum atomic E-state index is -0.315. The van der Waals surface area contributed by atoms with E-state index in [0.717, 1.165) is 28.6 Å². The Morgan fingerprint density at radius 1 is 1.45 bits per heavy atom. The number of amides is 1. The average molecular weight is 336 g/mol. The predicted octanol–water partition coefficient (Wildman–Crippen LogP) is 3.46. The summed E-state index contributed by atoms with van der Waals surface area (Å²) in [7, 11) is 0. The molecule has 0 atom stereocenters. The smallest absolute Gasteiger partial charge is 0.277 e. The van der Waals surface area contributed by atoms with Crippen molar-refractivity contribution in [3.8, 4) is 0 Å². The molecular weight excluding hydrogens is 322 g/mol. The zero-order chi connectivity index (χ0) is 14.3. The zero-order valence-corrected chi connectivity index (χ0v) is 12.5. The molecule has 6 heteroatoms. The molecule has 0 saturated heterocycles. The van der Waals surface area contributed by atoms with Crippen molar-refractivity contribution in [3.05, 3.63) is 39.7 Å². The van der Waals surface area contributed by atoms with Crippen LogP contribution in [0.3, 0.4) is 0 Å². The number of nitrogens with two attached hydrogens (primary N) is 1. The Hall–Kier alpha value is -1.82. The second kappa shape index (κ2) is 4.94. The van der Waals surface area contributed by atoms with E-state index in [2.05, 4.69) is 26.4 Å². The Kier molecular flexibility index (Phi) is 3.25. The summed E-state index contributed by atoms with van der Waals surface area (Å²) in [6, 6.07) is 5.36. The lowest BCUT2D eigenvalue weighted by atomic mass is 10.1. The van der Waals surface area contributed by atoms with E-state index in [1.807, 2.05) is 13.0 Å². The number of anilines is 2. The van der Waals surface area contributed by atoms with Gasteiger partial charge in [0.05, 0.1) is 11.4 Å². The van der Waals surface area contributed by atoms with E-state index in [0.29, 0.717) is 17.3 Å². The highest BCUT2D eigenvalue weighted by molar-refractivity contribution is 9.10. The number of nitrogen functional groups attached to an aromatic ring is 1. The molecule has 0 spiro atoms. The number of hydrogen-bond acceptors (Lipinski definition) is 4. The first-order chi connectivity index (χ1) is 9.54. The molecule has 0 unspecified atom stereocenters. The minimum Gasteiger partial charge on any atom is -0.397 e. The Morgan fingerprint density at radius 2 is 2.20 bits per heavy atom. The summed E-state index contributed by atoms with van der Waals surface area (Å²) in [5, 5.41) is 6.57. The molecule has 5 nitrogen and oxygen atoms in total. The van der Waals surface area contributed by atoms with E-state index >= 15 is 0 Å². The maximum absolute atomic E-state index is 12.1. The molecule has 1 aliphatic carbocycles. The molecule has 1 aromatic heterocycles. The van der Waals surface area contributed by atoms with Crippen molar-refractivity contribution in [2.45, 2.75) is 25.7 Å². The molecule has 104 valence electrons. The molecule has 1 aliphatic rings. The molecule has 0 aliphatic heterocycles. The van der Waals surface area contributed by atoms with Crippen molar-refractivity contribution in [2.75, 3.05) is 11.1 Å². The molecule has 20 heavy (non-hydrogen) atoms. The van der Waals surface area contributed by atoms with Crippen LogP contribution in [0.25, 0.3) is 0 Å². The summed E-state index contributed by atoms with van der Waals surface area (Å²) >= 11 is 3.38. The quantitative estimate of drug-likeness (QED) is 0.841. The van der Waals surface area contributed by atoms with Crippen molar-refractivity contribution in [2.24, 2.45) is 0 Å². The van der Waals surface area contributed by atoms with Gasteiger partial charge in [-0.15, -0.1) is 0 Å². The minimum absolute atomic E-state index is 0.281. The number of nitrogens with zero attached hydrogens (tertiary/aromatic N) is 1. The number of halogens is 1. The van der Waals surface area contributed by atoms with Crippen LogP contribution in [0.2, 0.25) is 0 Å². The third kappa shape index (κ3) is 2.56. The highest BCUT2D eigenvalue weighted by atomic mass is 79.9. The lowest BCUT2D eigenvalue weighted by Crippen LogP contribution is -2.14. The van der Waals surface area contributed by atoms with Gasteiger partial charge in [0, 0.05) is 16.5 Å². The predicted molar refractivity (Wildman–Crippen MR) is 79.7 cm³/mol. The molecule has 1 aromatic carbocycles. The van der Waals surface area contributed by atoms with E-state index in [1.54, 1.807) is 12.1 Å². The summed E-state index contributed by atoms with van der Waals surface area (Å²) < 4.78 is 6.03. The third-order valence-electron chi connectivity index (χ3n) is 3.34. The van der Waals surface area contributed by atoms with Gasteiger partial charge >= 0.3 is 0 Å². The van der Waals surface area contributed by atoms with Crippen molar-refractivity contribution >= 4 is 33.2 Å². The van der Waals surface area contributed by atoms with Gasteiger partial charge in [0.1, 0.15) is 5.76 Å². The molecule has 2 aromatic rings. The molecule has 3 N–H and O–H groups in total. The first-order valence-electron chi connectivity index (χ1n) is 6.38. The summed E-state index contributed by atoms with van der Waals surface area (Å²) in [4.78, 5) is 12.1. The summed E-state index contributed by atoms with van der Waals surface area (Å²) in [6.45, 7) is 1.89. The fraction of sp³-hybridized carbons (Fsp3) is 0.286. The van der Waals surface area contributed by atoms with E-state index in [1.165, 1.54) is 0 Å². The van der Waals surface area contributed by atoms with E-state index in [-0.39, 0.29) is 11.6 Å². The summed E-state index contributed by atoms with van der Waals surface area (Å²) in [5.41, 5.74) is 8.26. The summed E-state index contributed by atoms with van der Waals surface area (Å²) in [5.74, 6) is 0.903. The standard InChI is InChI=1S/C14H14BrN3O2/c1-7-4-9(15)5-10(13(7)16)17-14(19)11-6-12(20-18-11)8-2-3-8/h4-6,8H,2-3,16H2,1H3,(H,17,19). The fourth-order valence-corrected chi connectivity index (χ4v) is 2.57. The topological polar surface area (TPSA) is 81.2 Å². The van der Waals surface area contributed by atoms with Crippen LogP contribution in [0.5, 0.6) is 0 Å². The van der Waals surface area contributed by atoms with Gasteiger partial charge in [-0.3, -0.25) is 4.79 Å². The van der Waals surface area contributed by atoms with E-state index < -0.39 is 0 Å². The van der Waals surface area contributed by atoms with Crippen LogP contribution >= 0.6 is 15.9 Å². The van der Waals surface area contributed by atoms with Crippen molar-refractivity contribution in [1.29, 1.82) is 0 Å². The largest absolute Gasteiger partial charge is 0.397 e. The van der Waals surface area contributed by atoms with Crippen LogP contribution in [0.4, 0.5) is 11.4 Å². The van der Waals surface area contributed by atoms with Gasteiger partial charge in [0.25, 0.3) is 5.91 Å². The monoisotopic (exact) mass is 335 g/mol. The summed E-state index contributed by atoms with van der Waals surface area (Å²) in [6.07, 6.45) is 2.21. The first kappa shape index (κ1) is 13.2. The molecule has 1 fully saturated rings. The second-order valence-electron chi connectivity index (χ2n) is 5.03.